The van der Waals surface area contributed by atoms with Crippen molar-refractivity contribution in [2.45, 2.75) is 40.2 Å². The molecule has 3 rings (SSSR count). The third-order valence-electron chi connectivity index (χ3n) is 5.66. The minimum atomic E-state index is -0.654. The number of likely N-dealkylation sites (tertiary alicyclic amines) is 1. The van der Waals surface area contributed by atoms with Gasteiger partial charge >= 0.3 is 6.03 Å². The Balaban J connectivity index is 1.60. The molecule has 1 atom stereocenters. The fourth-order valence-electron chi connectivity index (χ4n) is 3.62. The minimum Gasteiger partial charge on any atom is -0.351 e. The zero-order valence-electron chi connectivity index (χ0n) is 17.2. The summed E-state index contributed by atoms with van der Waals surface area (Å²) in [5.41, 5.74) is 3.23. The Bertz CT molecular complexity index is 897. The van der Waals surface area contributed by atoms with Crippen molar-refractivity contribution in [1.29, 1.82) is 0 Å². The average Bonchev–Trinajstić information content (AvgIpc) is 2.70. The predicted molar refractivity (Wildman–Crippen MR) is 112 cm³/mol. The van der Waals surface area contributed by atoms with E-state index in [-0.39, 0.29) is 17.8 Å². The molecule has 2 aromatic carbocycles. The Kier molecular flexibility index (Phi) is 6.20. The van der Waals surface area contributed by atoms with Crippen molar-refractivity contribution in [3.05, 3.63) is 65.0 Å². The van der Waals surface area contributed by atoms with Gasteiger partial charge in [0.05, 0.1) is 5.41 Å². The van der Waals surface area contributed by atoms with E-state index in [1.54, 1.807) is 17.0 Å². The highest BCUT2D eigenvalue weighted by Crippen LogP contribution is 2.30. The van der Waals surface area contributed by atoms with Crippen molar-refractivity contribution in [1.82, 2.24) is 10.2 Å². The first-order valence-corrected chi connectivity index (χ1v) is 9.93. The van der Waals surface area contributed by atoms with E-state index < -0.39 is 5.41 Å². The molecule has 0 unspecified atom stereocenters. The van der Waals surface area contributed by atoms with Gasteiger partial charge in [0.1, 0.15) is 5.82 Å². The number of hydrogen-bond donors (Lipinski definition) is 2. The summed E-state index contributed by atoms with van der Waals surface area (Å²) in [5.74, 6) is -0.393. The second-order valence-electron chi connectivity index (χ2n) is 8.12. The summed E-state index contributed by atoms with van der Waals surface area (Å²) in [7, 11) is 0. The number of benzene rings is 2. The van der Waals surface area contributed by atoms with Crippen molar-refractivity contribution in [3.63, 3.8) is 0 Å². The summed E-state index contributed by atoms with van der Waals surface area (Å²) >= 11 is 0. The molecule has 0 aromatic heterocycles. The lowest BCUT2D eigenvalue weighted by Crippen LogP contribution is -2.52. The van der Waals surface area contributed by atoms with E-state index >= 15 is 0 Å². The molecule has 3 amide bonds. The molecular formula is C23H28FN3O2. The number of aryl methyl sites for hydroxylation is 2. The molecule has 2 N–H and O–H groups in total. The highest BCUT2D eigenvalue weighted by atomic mass is 19.1. The lowest BCUT2D eigenvalue weighted by atomic mass is 9.81. The largest absolute Gasteiger partial charge is 0.351 e. The van der Waals surface area contributed by atoms with Crippen LogP contribution in [0.2, 0.25) is 0 Å². The highest BCUT2D eigenvalue weighted by Gasteiger charge is 2.39. The first kappa shape index (κ1) is 20.8. The van der Waals surface area contributed by atoms with E-state index in [4.69, 9.17) is 0 Å². The number of carbonyl (C=O) groups excluding carboxylic acids is 2. The van der Waals surface area contributed by atoms with Crippen LogP contribution in [0.4, 0.5) is 14.9 Å². The molecule has 0 aliphatic carbocycles. The number of urea groups is 1. The zero-order valence-corrected chi connectivity index (χ0v) is 17.2. The van der Waals surface area contributed by atoms with Gasteiger partial charge in [-0.3, -0.25) is 4.79 Å². The molecule has 2 aromatic rings. The van der Waals surface area contributed by atoms with Crippen LogP contribution in [0.5, 0.6) is 0 Å². The average molecular weight is 397 g/mol. The second-order valence-corrected chi connectivity index (χ2v) is 8.12. The molecule has 0 spiro atoms. The number of nitrogens with zero attached hydrogens (tertiary/aromatic N) is 1. The summed E-state index contributed by atoms with van der Waals surface area (Å²) in [6.07, 6.45) is 1.48. The first-order chi connectivity index (χ1) is 13.8. The van der Waals surface area contributed by atoms with Gasteiger partial charge in [-0.05, 0) is 74.6 Å². The maximum absolute atomic E-state index is 13.0. The number of piperidine rings is 1. The lowest BCUT2D eigenvalue weighted by Gasteiger charge is -2.39. The van der Waals surface area contributed by atoms with Crippen LogP contribution in [0.15, 0.2) is 42.5 Å². The molecular weight excluding hydrogens is 369 g/mol. The van der Waals surface area contributed by atoms with Crippen molar-refractivity contribution < 1.29 is 14.0 Å². The summed E-state index contributed by atoms with van der Waals surface area (Å²) in [5, 5.41) is 5.87. The fraction of sp³-hybridized carbons (Fsp3) is 0.391. The quantitative estimate of drug-likeness (QED) is 0.804. The van der Waals surface area contributed by atoms with E-state index in [1.165, 1.54) is 17.7 Å². The first-order valence-electron chi connectivity index (χ1n) is 9.93. The SMILES string of the molecule is Cc1ccc(NC(=O)N2CCC[C@@](C)(C(=O)NCc3ccc(F)cc3)C2)cc1C. The molecule has 0 radical (unpaired) electrons. The van der Waals surface area contributed by atoms with Gasteiger partial charge in [-0.1, -0.05) is 18.2 Å². The van der Waals surface area contributed by atoms with Crippen LogP contribution in [0.1, 0.15) is 36.5 Å². The van der Waals surface area contributed by atoms with Crippen LogP contribution in [0, 0.1) is 25.1 Å². The molecule has 1 saturated heterocycles. The molecule has 154 valence electrons. The van der Waals surface area contributed by atoms with Crippen LogP contribution in [-0.4, -0.2) is 29.9 Å². The summed E-state index contributed by atoms with van der Waals surface area (Å²) in [6.45, 7) is 7.25. The number of nitrogens with one attached hydrogen (secondary N) is 2. The molecule has 6 heteroatoms. The Morgan fingerprint density at radius 2 is 1.83 bits per heavy atom. The van der Waals surface area contributed by atoms with E-state index in [9.17, 15) is 14.0 Å². The number of rotatable bonds is 4. The molecule has 0 bridgehead atoms. The Morgan fingerprint density at radius 1 is 1.10 bits per heavy atom. The van der Waals surface area contributed by atoms with E-state index in [1.807, 2.05) is 39.0 Å². The Labute approximate surface area is 171 Å². The molecule has 1 heterocycles. The maximum atomic E-state index is 13.0. The van der Waals surface area contributed by atoms with Crippen molar-refractivity contribution in [2.24, 2.45) is 5.41 Å². The Morgan fingerprint density at radius 3 is 2.52 bits per heavy atom. The van der Waals surface area contributed by atoms with E-state index in [0.717, 1.165) is 29.7 Å². The van der Waals surface area contributed by atoms with Crippen molar-refractivity contribution >= 4 is 17.6 Å². The third-order valence-corrected chi connectivity index (χ3v) is 5.66. The van der Waals surface area contributed by atoms with Gasteiger partial charge in [0.15, 0.2) is 0 Å². The monoisotopic (exact) mass is 397 g/mol. The number of carbonyl (C=O) groups is 2. The second kappa shape index (κ2) is 8.64. The van der Waals surface area contributed by atoms with Gasteiger partial charge in [0.25, 0.3) is 0 Å². The number of hydrogen-bond acceptors (Lipinski definition) is 2. The topological polar surface area (TPSA) is 61.4 Å². The Hall–Kier alpha value is -2.89. The van der Waals surface area contributed by atoms with Gasteiger partial charge in [0.2, 0.25) is 5.91 Å². The van der Waals surface area contributed by atoms with Crippen LogP contribution in [0.25, 0.3) is 0 Å². The summed E-state index contributed by atoms with van der Waals surface area (Å²) in [6, 6.07) is 11.7. The van der Waals surface area contributed by atoms with Crippen molar-refractivity contribution in [3.8, 4) is 0 Å². The van der Waals surface area contributed by atoms with E-state index in [2.05, 4.69) is 10.6 Å². The molecule has 29 heavy (non-hydrogen) atoms. The maximum Gasteiger partial charge on any atom is 0.321 e. The number of anilines is 1. The van der Waals surface area contributed by atoms with Gasteiger partial charge in [-0.2, -0.15) is 0 Å². The molecule has 1 aliphatic rings. The molecule has 5 nitrogen and oxygen atoms in total. The molecule has 1 aliphatic heterocycles. The van der Waals surface area contributed by atoms with Gasteiger partial charge in [-0.15, -0.1) is 0 Å². The fourth-order valence-corrected chi connectivity index (χ4v) is 3.62. The summed E-state index contributed by atoms with van der Waals surface area (Å²) in [4.78, 5) is 27.3. The van der Waals surface area contributed by atoms with Gasteiger partial charge < -0.3 is 15.5 Å². The highest BCUT2D eigenvalue weighted by molar-refractivity contribution is 5.90. The van der Waals surface area contributed by atoms with Crippen molar-refractivity contribution in [2.75, 3.05) is 18.4 Å². The molecule has 0 saturated carbocycles. The molecule has 1 fully saturated rings. The van der Waals surface area contributed by atoms with Gasteiger partial charge in [-0.25, -0.2) is 9.18 Å². The summed E-state index contributed by atoms with van der Waals surface area (Å²) < 4.78 is 13.0. The normalized spacial score (nSPS) is 19.0. The predicted octanol–water partition coefficient (Wildman–Crippen LogP) is 4.39. The van der Waals surface area contributed by atoms with E-state index in [0.29, 0.717) is 19.6 Å². The minimum absolute atomic E-state index is 0.0921. The smallest absolute Gasteiger partial charge is 0.321 e. The van der Waals surface area contributed by atoms with Gasteiger partial charge in [0, 0.05) is 25.3 Å². The number of amides is 3. The van der Waals surface area contributed by atoms with Crippen LogP contribution in [0.3, 0.4) is 0 Å². The third kappa shape index (κ3) is 5.13. The standard InChI is InChI=1S/C23H28FN3O2/c1-16-5-10-20(13-17(16)2)26-22(29)27-12-4-11-23(3,15-27)21(28)25-14-18-6-8-19(24)9-7-18/h5-10,13H,4,11-12,14-15H2,1-3H3,(H,25,28)(H,26,29)/t23-/m1/s1. The van der Waals surface area contributed by atoms with Crippen LogP contribution < -0.4 is 10.6 Å². The number of halogens is 1. The van der Waals surface area contributed by atoms with Crippen LogP contribution >= 0.6 is 0 Å². The van der Waals surface area contributed by atoms with Crippen LogP contribution in [-0.2, 0) is 11.3 Å². The lowest BCUT2D eigenvalue weighted by molar-refractivity contribution is -0.132. The zero-order chi connectivity index (χ0) is 21.0.